The van der Waals surface area contributed by atoms with E-state index in [9.17, 15) is 0 Å². The summed E-state index contributed by atoms with van der Waals surface area (Å²) in [6.45, 7) is 12.7. The van der Waals surface area contributed by atoms with Gasteiger partial charge in [-0.05, 0) is 31.6 Å². The van der Waals surface area contributed by atoms with E-state index in [0.29, 0.717) is 5.92 Å². The van der Waals surface area contributed by atoms with Crippen molar-refractivity contribution in [2.45, 2.75) is 72.8 Å². The molecule has 0 aliphatic heterocycles. The maximum atomic E-state index is 2.72. The minimum atomic E-state index is 0.653. The highest BCUT2D eigenvalue weighted by atomic mass is 15.2. The van der Waals surface area contributed by atoms with Crippen molar-refractivity contribution in [3.63, 3.8) is 0 Å². The summed E-state index contributed by atoms with van der Waals surface area (Å²) in [4.78, 5) is 2.72. The zero-order chi connectivity index (χ0) is 12.8. The van der Waals surface area contributed by atoms with E-state index in [2.05, 4.69) is 45.6 Å². The van der Waals surface area contributed by atoms with Gasteiger partial charge in [0.1, 0.15) is 0 Å². The van der Waals surface area contributed by atoms with Crippen LogP contribution >= 0.6 is 0 Å². The van der Waals surface area contributed by atoms with E-state index in [1.54, 1.807) is 5.70 Å². The molecule has 17 heavy (non-hydrogen) atoms. The van der Waals surface area contributed by atoms with Crippen molar-refractivity contribution in [3.8, 4) is 0 Å². The summed E-state index contributed by atoms with van der Waals surface area (Å²) in [5.41, 5.74) is 1.56. The summed E-state index contributed by atoms with van der Waals surface area (Å²) >= 11 is 0. The topological polar surface area (TPSA) is 3.24 Å². The minimum absolute atomic E-state index is 0.653. The molecule has 1 aliphatic carbocycles. The van der Waals surface area contributed by atoms with Gasteiger partial charge < -0.3 is 4.90 Å². The molecule has 0 aromatic carbocycles. The van der Waals surface area contributed by atoms with Crippen molar-refractivity contribution in [2.75, 3.05) is 6.54 Å². The molecule has 0 aromatic heterocycles. The van der Waals surface area contributed by atoms with Crippen molar-refractivity contribution < 1.29 is 0 Å². The zero-order valence-corrected chi connectivity index (χ0v) is 12.5. The highest BCUT2D eigenvalue weighted by molar-refractivity contribution is 5.05. The molecule has 1 fully saturated rings. The molecule has 0 aromatic rings. The van der Waals surface area contributed by atoms with Crippen LogP contribution in [0, 0.1) is 11.8 Å². The Morgan fingerprint density at radius 1 is 1.12 bits per heavy atom. The third kappa shape index (κ3) is 4.37. The molecule has 0 radical (unpaired) electrons. The molecule has 0 amide bonds. The van der Waals surface area contributed by atoms with E-state index in [1.165, 1.54) is 38.6 Å². The highest BCUT2D eigenvalue weighted by Gasteiger charge is 2.24. The van der Waals surface area contributed by atoms with Gasteiger partial charge in [-0.25, -0.2) is 0 Å². The lowest BCUT2D eigenvalue weighted by molar-refractivity contribution is 0.168. The first kappa shape index (κ1) is 14.6. The van der Waals surface area contributed by atoms with Crippen LogP contribution in [-0.4, -0.2) is 17.5 Å². The smallest absolute Gasteiger partial charge is 0.0287 e. The molecule has 1 rings (SSSR count). The van der Waals surface area contributed by atoms with E-state index in [-0.39, 0.29) is 0 Å². The highest BCUT2D eigenvalue weighted by Crippen LogP contribution is 2.28. The second-order valence-corrected chi connectivity index (χ2v) is 6.21. The van der Waals surface area contributed by atoms with Gasteiger partial charge in [0, 0.05) is 18.3 Å². The second kappa shape index (κ2) is 7.08. The normalized spacial score (nSPS) is 19.1. The van der Waals surface area contributed by atoms with Crippen molar-refractivity contribution in [1.29, 1.82) is 0 Å². The molecule has 100 valence electrons. The zero-order valence-electron chi connectivity index (χ0n) is 12.5. The number of hydrogen-bond acceptors (Lipinski definition) is 1. The van der Waals surface area contributed by atoms with Gasteiger partial charge in [0.25, 0.3) is 0 Å². The van der Waals surface area contributed by atoms with Crippen molar-refractivity contribution in [1.82, 2.24) is 4.90 Å². The third-order valence-corrected chi connectivity index (χ3v) is 3.80. The van der Waals surface area contributed by atoms with Crippen LogP contribution in [0.5, 0.6) is 0 Å². The molecule has 1 aliphatic rings. The molecule has 1 nitrogen and oxygen atoms in total. The lowest BCUT2D eigenvalue weighted by Gasteiger charge is -2.40. The maximum Gasteiger partial charge on any atom is 0.0287 e. The lowest BCUT2D eigenvalue weighted by atomic mass is 9.92. The van der Waals surface area contributed by atoms with E-state index < -0.39 is 0 Å². The van der Waals surface area contributed by atoms with Crippen LogP contribution in [0.2, 0.25) is 0 Å². The first-order valence-electron chi connectivity index (χ1n) is 7.49. The van der Waals surface area contributed by atoms with Crippen molar-refractivity contribution in [2.24, 2.45) is 11.8 Å². The van der Waals surface area contributed by atoms with Gasteiger partial charge in [-0.1, -0.05) is 53.0 Å². The Kier molecular flexibility index (Phi) is 6.08. The number of hydrogen-bond donors (Lipinski definition) is 0. The summed E-state index contributed by atoms with van der Waals surface area (Å²) < 4.78 is 0. The van der Waals surface area contributed by atoms with E-state index in [1.807, 2.05) is 0 Å². The molecule has 0 unspecified atom stereocenters. The van der Waals surface area contributed by atoms with Crippen molar-refractivity contribution in [3.05, 3.63) is 11.8 Å². The molecule has 1 saturated carbocycles. The Bertz CT molecular complexity index is 234. The summed E-state index contributed by atoms with van der Waals surface area (Å²) in [5, 5.41) is 0. The molecule has 1 heteroatoms. The molecule has 0 atom stereocenters. The molecule has 0 saturated heterocycles. The molecule has 0 spiro atoms. The Morgan fingerprint density at radius 3 is 2.12 bits per heavy atom. The predicted molar refractivity (Wildman–Crippen MR) is 77.0 cm³/mol. The van der Waals surface area contributed by atoms with Crippen LogP contribution in [0.15, 0.2) is 11.8 Å². The van der Waals surface area contributed by atoms with E-state index in [4.69, 9.17) is 0 Å². The van der Waals surface area contributed by atoms with E-state index in [0.717, 1.165) is 12.0 Å². The fraction of sp³-hybridized carbons (Fsp3) is 0.875. The average Bonchev–Trinajstić information content (AvgIpc) is 2.29. The molecular weight excluding hydrogens is 206 g/mol. The Balaban J connectivity index is 2.77. The monoisotopic (exact) mass is 237 g/mol. The van der Waals surface area contributed by atoms with Gasteiger partial charge in [0.2, 0.25) is 0 Å². The molecule has 0 heterocycles. The Morgan fingerprint density at radius 2 is 1.71 bits per heavy atom. The van der Waals surface area contributed by atoms with Gasteiger partial charge in [-0.3, -0.25) is 0 Å². The predicted octanol–water partition coefficient (Wildman–Crippen LogP) is 4.84. The van der Waals surface area contributed by atoms with Crippen LogP contribution in [0.4, 0.5) is 0 Å². The third-order valence-electron chi connectivity index (χ3n) is 3.80. The van der Waals surface area contributed by atoms with Gasteiger partial charge in [-0.15, -0.1) is 0 Å². The lowest BCUT2D eigenvalue weighted by Crippen LogP contribution is -2.39. The summed E-state index contributed by atoms with van der Waals surface area (Å²) in [6.07, 6.45) is 9.43. The molecule has 0 bridgehead atoms. The van der Waals surface area contributed by atoms with Crippen LogP contribution in [0.25, 0.3) is 0 Å². The van der Waals surface area contributed by atoms with Gasteiger partial charge in [-0.2, -0.15) is 0 Å². The quantitative estimate of drug-likeness (QED) is 0.661. The fourth-order valence-corrected chi connectivity index (χ4v) is 3.08. The maximum absolute atomic E-state index is 2.72. The summed E-state index contributed by atoms with van der Waals surface area (Å²) in [7, 11) is 0. The van der Waals surface area contributed by atoms with Gasteiger partial charge in [0.15, 0.2) is 0 Å². The summed E-state index contributed by atoms with van der Waals surface area (Å²) in [6, 6.07) is 0.805. The molecule has 0 N–H and O–H groups in total. The number of allylic oxidation sites excluding steroid dienone is 2. The second-order valence-electron chi connectivity index (χ2n) is 6.21. The number of rotatable bonds is 5. The van der Waals surface area contributed by atoms with Crippen LogP contribution in [0.3, 0.4) is 0 Å². The van der Waals surface area contributed by atoms with Gasteiger partial charge >= 0.3 is 0 Å². The number of nitrogens with zero attached hydrogens (tertiary/aromatic N) is 1. The Hall–Kier alpha value is -0.460. The van der Waals surface area contributed by atoms with Gasteiger partial charge in [0.05, 0.1) is 0 Å². The fourth-order valence-electron chi connectivity index (χ4n) is 3.08. The average molecular weight is 237 g/mol. The minimum Gasteiger partial charge on any atom is -0.372 e. The first-order valence-corrected chi connectivity index (χ1v) is 7.49. The first-order chi connectivity index (χ1) is 8.06. The standard InChI is InChI=1S/C16H31N/c1-6-16(14(4)5)17(12-13(2)3)15-10-8-7-9-11-15/h6,13-15H,7-12H2,1-5H3/b16-6-. The van der Waals surface area contributed by atoms with Crippen LogP contribution < -0.4 is 0 Å². The molecular formula is C16H31N. The van der Waals surface area contributed by atoms with Crippen LogP contribution in [-0.2, 0) is 0 Å². The summed E-state index contributed by atoms with van der Waals surface area (Å²) in [5.74, 6) is 1.41. The van der Waals surface area contributed by atoms with Crippen LogP contribution in [0.1, 0.15) is 66.7 Å². The Labute approximate surface area is 108 Å². The van der Waals surface area contributed by atoms with E-state index >= 15 is 0 Å². The largest absolute Gasteiger partial charge is 0.372 e. The van der Waals surface area contributed by atoms with Crippen molar-refractivity contribution >= 4 is 0 Å². The SMILES string of the molecule is C/C=C(/C(C)C)N(CC(C)C)C1CCCCC1.